The van der Waals surface area contributed by atoms with E-state index < -0.39 is 12.8 Å². The Kier molecular flexibility index (Phi) is 11.3. The van der Waals surface area contributed by atoms with Crippen LogP contribution in [0.4, 0.5) is 8.78 Å². The first-order valence-electron chi connectivity index (χ1n) is 16.5. The average Bonchev–Trinajstić information content (AvgIpc) is 3.48. The Bertz CT molecular complexity index is 1940. The maximum Gasteiger partial charge on any atom is 0.162 e. The molecule has 5 aromatic rings. The third-order valence-corrected chi connectivity index (χ3v) is 9.61. The first kappa shape index (κ1) is 36.0. The highest BCUT2D eigenvalue weighted by atomic mass is 19.1. The molecule has 3 heterocycles. The first-order valence-corrected chi connectivity index (χ1v) is 16.5. The molecule has 5 nitrogen and oxygen atoms in total. The summed E-state index contributed by atoms with van der Waals surface area (Å²) in [7, 11) is 30.8. The highest BCUT2D eigenvalue weighted by Crippen LogP contribution is 2.50. The summed E-state index contributed by atoms with van der Waals surface area (Å²) in [6.07, 6.45) is 0.151. The minimum atomic E-state index is -0.574. The predicted octanol–water partition coefficient (Wildman–Crippen LogP) is 3.86. The van der Waals surface area contributed by atoms with Crippen LogP contribution in [-0.2, 0) is 19.4 Å². The van der Waals surface area contributed by atoms with Gasteiger partial charge in [0.2, 0.25) is 0 Å². The summed E-state index contributed by atoms with van der Waals surface area (Å²) in [6.45, 7) is 0.928. The zero-order chi connectivity index (χ0) is 35.5. The number of hydrogen-bond acceptors (Lipinski definition) is 4. The van der Waals surface area contributed by atoms with E-state index >= 15 is 0 Å². The first-order chi connectivity index (χ1) is 24.1. The Hall–Kier alpha value is -3.78. The molecule has 0 spiro atoms. The molecule has 0 amide bonds. The van der Waals surface area contributed by atoms with Gasteiger partial charge < -0.3 is 19.2 Å². The van der Waals surface area contributed by atoms with Crippen LogP contribution in [-0.4, -0.2) is 95.6 Å². The largest absolute Gasteiger partial charge is 0.497 e. The van der Waals surface area contributed by atoms with Crippen molar-refractivity contribution in [1.29, 1.82) is 0 Å². The molecule has 2 unspecified atom stereocenters. The number of methoxy groups -OCH3 is 2. The second kappa shape index (κ2) is 15.6. The van der Waals surface area contributed by atoms with E-state index in [0.717, 1.165) is 52.9 Å². The number of aromatic amines is 1. The monoisotopic (exact) mass is 651 g/mol. The average molecular weight is 650 g/mol. The molecule has 235 valence electrons. The van der Waals surface area contributed by atoms with Gasteiger partial charge in [0.05, 0.1) is 20.3 Å². The van der Waals surface area contributed by atoms with Gasteiger partial charge in [-0.1, -0.05) is 30.3 Å². The number of H-pyrrole nitrogens is 1. The molecule has 0 bridgehead atoms. The molecule has 50 heavy (non-hydrogen) atoms. The lowest BCUT2D eigenvalue weighted by Gasteiger charge is -2.46. The van der Waals surface area contributed by atoms with Crippen molar-refractivity contribution in [3.05, 3.63) is 124 Å². The standard InChI is InChI=1S/C34H30F2N2O3.B9/c1-39-24-11-12-29-26(16-24)27-17-30-25-18-32(41-19-22-5-3-4-6-28(22)36)31(40-2)15-21(25)13-14-38(30)34(33(27)37-29)20-7-9-23(35)10-8-20;1-6-9(7(2)3)8(4)5/h3-12,15-16,18,30,34,37H,13-14,17,19H2,1-2H3;. The number of nitrogens with zero attached hydrogens (tertiary/aromatic N) is 1. The summed E-state index contributed by atoms with van der Waals surface area (Å²) in [5.41, 5.74) is 7.29. The second-order valence-electron chi connectivity index (χ2n) is 12.6. The zero-order valence-corrected chi connectivity index (χ0v) is 28.1. The van der Waals surface area contributed by atoms with Crippen molar-refractivity contribution in [3.63, 3.8) is 0 Å². The molecule has 16 heteroatoms. The highest BCUT2D eigenvalue weighted by molar-refractivity contribution is 7.93. The fourth-order valence-corrected chi connectivity index (χ4v) is 7.01. The third-order valence-electron chi connectivity index (χ3n) is 9.61. The Labute approximate surface area is 301 Å². The van der Waals surface area contributed by atoms with Crippen molar-refractivity contribution in [2.24, 2.45) is 0 Å². The van der Waals surface area contributed by atoms with Gasteiger partial charge in [0.25, 0.3) is 0 Å². The maximum atomic E-state index is 14.3. The number of rotatable bonds is 9. The van der Waals surface area contributed by atoms with Gasteiger partial charge in [-0.15, -0.1) is 0 Å². The molecule has 11 radical (unpaired) electrons. The van der Waals surface area contributed by atoms with Crippen LogP contribution in [0.3, 0.4) is 0 Å². The Balaban J connectivity index is 0.000000426. The fourth-order valence-electron chi connectivity index (χ4n) is 7.01. The Morgan fingerprint density at radius 2 is 1.64 bits per heavy atom. The molecule has 0 saturated carbocycles. The maximum absolute atomic E-state index is 14.3. The molecular formula is C34H30B9F2N2O3. The van der Waals surface area contributed by atoms with Crippen LogP contribution in [0.5, 0.6) is 17.2 Å². The zero-order valence-electron chi connectivity index (χ0n) is 28.1. The van der Waals surface area contributed by atoms with Crippen molar-refractivity contribution in [2.45, 2.75) is 31.5 Å². The van der Waals surface area contributed by atoms with E-state index in [0.29, 0.717) is 17.1 Å². The van der Waals surface area contributed by atoms with Gasteiger partial charge in [0, 0.05) is 99.6 Å². The lowest BCUT2D eigenvalue weighted by molar-refractivity contribution is 0.127. The van der Waals surface area contributed by atoms with Crippen molar-refractivity contribution in [2.75, 3.05) is 20.8 Å². The summed E-state index contributed by atoms with van der Waals surface area (Å²) in [5.74, 6) is 1.47. The number of aromatic nitrogens is 1. The minimum absolute atomic E-state index is 0.0493. The lowest BCUT2D eigenvalue weighted by Crippen LogP contribution is -2.55. The number of hydrogen-bond donors (Lipinski definition) is 1. The van der Waals surface area contributed by atoms with Gasteiger partial charge >= 0.3 is 0 Å². The van der Waals surface area contributed by atoms with Crippen LogP contribution in [0.15, 0.2) is 78.9 Å². The number of nitrogens with one attached hydrogen (secondary N) is 1. The van der Waals surface area contributed by atoms with Crippen LogP contribution in [0.1, 0.15) is 45.6 Å². The van der Waals surface area contributed by atoms with Crippen molar-refractivity contribution in [1.82, 2.24) is 9.88 Å². The summed E-state index contributed by atoms with van der Waals surface area (Å²) in [4.78, 5) is 6.19. The molecule has 7 rings (SSSR count). The van der Waals surface area contributed by atoms with Crippen LogP contribution in [0.2, 0.25) is 0 Å². The van der Waals surface area contributed by atoms with Gasteiger partial charge in [-0.3, -0.25) is 4.90 Å². The van der Waals surface area contributed by atoms with E-state index in [4.69, 9.17) is 52.9 Å². The minimum Gasteiger partial charge on any atom is -0.497 e. The van der Waals surface area contributed by atoms with Gasteiger partial charge in [-0.05, 0) is 83.6 Å². The van der Waals surface area contributed by atoms with E-state index in [1.165, 1.54) is 36.4 Å². The molecule has 2 atom stereocenters. The molecule has 1 N–H and O–H groups in total. The molecule has 4 aromatic carbocycles. The van der Waals surface area contributed by atoms with E-state index in [2.05, 4.69) is 34.1 Å². The van der Waals surface area contributed by atoms with Crippen molar-refractivity contribution in [3.8, 4) is 17.2 Å². The third kappa shape index (κ3) is 7.32. The Morgan fingerprint density at radius 1 is 0.900 bits per heavy atom. The normalized spacial score (nSPS) is 16.2. The number of halogens is 2. The van der Waals surface area contributed by atoms with Crippen LogP contribution in [0.25, 0.3) is 10.9 Å². The molecule has 2 aliphatic rings. The Morgan fingerprint density at radius 3 is 2.28 bits per heavy atom. The van der Waals surface area contributed by atoms with E-state index in [9.17, 15) is 8.78 Å². The molecule has 2 aliphatic heterocycles. The van der Waals surface area contributed by atoms with Crippen molar-refractivity contribution < 1.29 is 23.0 Å². The summed E-state index contributed by atoms with van der Waals surface area (Å²) < 4.78 is 45.8. The number of fused-ring (bicyclic) bond motifs is 6. The van der Waals surface area contributed by atoms with E-state index in [-0.39, 0.29) is 36.7 Å². The summed E-state index contributed by atoms with van der Waals surface area (Å²) >= 11 is 0. The van der Waals surface area contributed by atoms with E-state index in [1.807, 2.05) is 18.2 Å². The summed E-state index contributed by atoms with van der Waals surface area (Å²) in [5, 5.41) is 1.13. The number of ether oxygens (including phenoxy) is 3. The van der Waals surface area contributed by atoms with Gasteiger partial charge in [0.15, 0.2) is 11.5 Å². The molecule has 0 aliphatic carbocycles. The quantitative estimate of drug-likeness (QED) is 0.247. The van der Waals surface area contributed by atoms with Crippen LogP contribution >= 0.6 is 0 Å². The van der Waals surface area contributed by atoms with Gasteiger partial charge in [0.1, 0.15) is 24.0 Å². The van der Waals surface area contributed by atoms with Crippen LogP contribution < -0.4 is 14.2 Å². The molecule has 0 saturated heterocycles. The van der Waals surface area contributed by atoms with Gasteiger partial charge in [-0.2, -0.15) is 0 Å². The van der Waals surface area contributed by atoms with Gasteiger partial charge in [-0.25, -0.2) is 8.78 Å². The topological polar surface area (TPSA) is 46.7 Å². The molecule has 0 fully saturated rings. The van der Waals surface area contributed by atoms with Crippen molar-refractivity contribution >= 4 is 75.8 Å². The molecular weight excluding hydrogens is 620 g/mol. The second-order valence-corrected chi connectivity index (χ2v) is 12.6. The number of benzene rings is 4. The van der Waals surface area contributed by atoms with Crippen LogP contribution in [0, 0.1) is 11.6 Å². The fraction of sp³-hybridized carbons (Fsp3) is 0.235. The highest BCUT2D eigenvalue weighted by Gasteiger charge is 2.41. The summed E-state index contributed by atoms with van der Waals surface area (Å²) in [6, 6.07) is 23.6. The predicted molar refractivity (Wildman–Crippen MR) is 205 cm³/mol. The smallest absolute Gasteiger partial charge is 0.162 e. The van der Waals surface area contributed by atoms with E-state index in [1.54, 1.807) is 32.4 Å². The molecule has 1 aromatic heterocycles. The lowest BCUT2D eigenvalue weighted by atomic mass is 8.64. The SMILES string of the molecule is COc1ccc2[nH]c3c(c2c1)CC1c2cc(OCc4ccccc4F)c(OC)cc2CCN1C3c1ccc(F)cc1.[B][B]B(B([B])[B])B([B])[B].